The van der Waals surface area contributed by atoms with Crippen LogP contribution in [-0.2, 0) is 0 Å². The number of benzene rings is 2. The number of hydrogen-bond acceptors (Lipinski definition) is 9. The zero-order chi connectivity index (χ0) is 26.6. The molecule has 190 valence electrons. The van der Waals surface area contributed by atoms with Crippen LogP contribution in [0.4, 0.5) is 5.82 Å². The second-order valence-corrected chi connectivity index (χ2v) is 9.34. The molecule has 0 aliphatic heterocycles. The van der Waals surface area contributed by atoms with E-state index in [4.69, 9.17) is 21.1 Å². The molecule has 11 heteroatoms. The molecule has 0 saturated heterocycles. The molecule has 5 rings (SSSR count). The first kappa shape index (κ1) is 26.4. The zero-order valence-corrected chi connectivity index (χ0v) is 22.2. The topological polar surface area (TPSA) is 113 Å². The van der Waals surface area contributed by atoms with Gasteiger partial charge in [-0.05, 0) is 53.4 Å². The van der Waals surface area contributed by atoms with Gasteiger partial charge in [-0.15, -0.1) is 0 Å². The van der Waals surface area contributed by atoms with Gasteiger partial charge in [0.1, 0.15) is 42.9 Å². The number of halogens is 1. The number of aromatic nitrogens is 3. The minimum atomic E-state index is -0.763. The number of hydrogen-bond donors (Lipinski definition) is 3. The number of ether oxygens (including phenoxy) is 2. The van der Waals surface area contributed by atoms with E-state index in [9.17, 15) is 10.5 Å². The summed E-state index contributed by atoms with van der Waals surface area (Å²) in [7, 11) is 1.44. The summed E-state index contributed by atoms with van der Waals surface area (Å²) in [6.07, 6.45) is 3.71. The van der Waals surface area contributed by atoms with Crippen molar-refractivity contribution in [2.24, 2.45) is 0 Å². The maximum atomic E-state index is 9.71. The average molecular weight is 538 g/mol. The quantitative estimate of drug-likeness (QED) is 0.137. The number of rotatable bonds is 7. The molecule has 1 aliphatic rings. The number of hydroxylamine groups is 1. The van der Waals surface area contributed by atoms with E-state index in [2.05, 4.69) is 39.3 Å². The highest BCUT2D eigenvalue weighted by Gasteiger charge is 2.26. The fourth-order valence-corrected chi connectivity index (χ4v) is 3.69. The average Bonchev–Trinajstić information content (AvgIpc) is 3.70. The standard InChI is InChI=1S/C24H20ClN6O3S.C2H6/c1-31(32,35)30-22-9-8-20-24(29-22)27-13-21(28-20)14-2-4-16(5-3-14)33-18-10-15(12-26)23(19(25)11-18)34-17-6-7-17;1-2/h2-5,8-11,13,17,32,35H,6-7H2,1H3,(H,27,29,30);1-2H3/q+1;. The van der Waals surface area contributed by atoms with Crippen LogP contribution in [0, 0.1) is 11.3 Å². The van der Waals surface area contributed by atoms with Crippen LogP contribution in [0.5, 0.6) is 17.2 Å². The zero-order valence-electron chi connectivity index (χ0n) is 20.5. The van der Waals surface area contributed by atoms with Crippen molar-refractivity contribution in [2.45, 2.75) is 32.8 Å². The molecule has 2 N–H and O–H groups in total. The Kier molecular flexibility index (Phi) is 8.00. The monoisotopic (exact) mass is 537 g/mol. The van der Waals surface area contributed by atoms with Crippen molar-refractivity contribution >= 4 is 41.4 Å². The van der Waals surface area contributed by atoms with Crippen molar-refractivity contribution in [3.05, 3.63) is 65.3 Å². The fourth-order valence-electron chi connectivity index (χ4n) is 3.34. The van der Waals surface area contributed by atoms with Gasteiger partial charge in [0.25, 0.3) is 0 Å². The van der Waals surface area contributed by atoms with Crippen LogP contribution in [-0.4, -0.2) is 37.5 Å². The minimum Gasteiger partial charge on any atom is -0.487 e. The number of anilines is 1. The van der Waals surface area contributed by atoms with Crippen LogP contribution in [0.15, 0.2) is 54.7 Å². The van der Waals surface area contributed by atoms with Crippen molar-refractivity contribution in [1.29, 1.82) is 5.26 Å². The molecule has 0 bridgehead atoms. The largest absolute Gasteiger partial charge is 0.487 e. The Hall–Kier alpha value is -3.62. The van der Waals surface area contributed by atoms with E-state index >= 15 is 0 Å². The second-order valence-electron chi connectivity index (χ2n) is 8.16. The van der Waals surface area contributed by atoms with Gasteiger partial charge in [0.15, 0.2) is 17.2 Å². The predicted octanol–water partition coefficient (Wildman–Crippen LogP) is 6.58. The first-order valence-electron chi connectivity index (χ1n) is 11.7. The number of fused-ring (bicyclic) bond motifs is 1. The molecule has 0 amide bonds. The first-order chi connectivity index (χ1) is 17.8. The predicted molar refractivity (Wildman–Crippen MR) is 145 cm³/mol. The highest BCUT2D eigenvalue weighted by atomic mass is 35.5. The molecule has 2 aromatic heterocycles. The van der Waals surface area contributed by atoms with Gasteiger partial charge in [0, 0.05) is 17.7 Å². The maximum absolute atomic E-state index is 9.71. The molecule has 1 aliphatic carbocycles. The lowest BCUT2D eigenvalue weighted by atomic mass is 10.1. The van der Waals surface area contributed by atoms with E-state index in [-0.39, 0.29) is 6.10 Å². The van der Waals surface area contributed by atoms with Gasteiger partial charge in [-0.2, -0.15) is 15.9 Å². The molecule has 1 unspecified atom stereocenters. The van der Waals surface area contributed by atoms with E-state index in [0.29, 0.717) is 50.5 Å². The van der Waals surface area contributed by atoms with Crippen LogP contribution in [0.2, 0.25) is 5.02 Å². The molecule has 1 fully saturated rings. The Bertz CT molecular complexity index is 1450. The van der Waals surface area contributed by atoms with Crippen LogP contribution < -0.4 is 14.9 Å². The molecule has 0 radical (unpaired) electrons. The van der Waals surface area contributed by atoms with Gasteiger partial charge in [-0.25, -0.2) is 15.0 Å². The van der Waals surface area contributed by atoms with Gasteiger partial charge in [0.2, 0.25) is 0 Å². The van der Waals surface area contributed by atoms with Crippen LogP contribution in [0.3, 0.4) is 0 Å². The number of nitrogens with one attached hydrogen (secondary N) is 1. The summed E-state index contributed by atoms with van der Waals surface area (Å²) in [5.41, 5.74) is 5.58. The maximum Gasteiger partial charge on any atom is 0.180 e. The molecule has 0 spiro atoms. The lowest BCUT2D eigenvalue weighted by Crippen LogP contribution is -2.35. The lowest BCUT2D eigenvalue weighted by molar-refractivity contribution is -0.955. The molecular formula is C26H26ClN6O3S+. The van der Waals surface area contributed by atoms with E-state index in [1.54, 1.807) is 42.6 Å². The Morgan fingerprint density at radius 3 is 2.49 bits per heavy atom. The fraction of sp³-hybridized carbons (Fsp3) is 0.231. The number of pyridine rings is 1. The molecule has 2 aromatic carbocycles. The third kappa shape index (κ3) is 6.78. The van der Waals surface area contributed by atoms with E-state index in [1.165, 1.54) is 7.05 Å². The van der Waals surface area contributed by atoms with Gasteiger partial charge < -0.3 is 9.47 Å². The van der Waals surface area contributed by atoms with E-state index < -0.39 is 4.16 Å². The highest BCUT2D eigenvalue weighted by molar-refractivity contribution is 7.74. The summed E-state index contributed by atoms with van der Waals surface area (Å²) >= 11 is 10.3. The van der Waals surface area contributed by atoms with Gasteiger partial charge in [-0.3, -0.25) is 0 Å². The first-order valence-corrected chi connectivity index (χ1v) is 12.5. The summed E-state index contributed by atoms with van der Waals surface area (Å²) in [6, 6.07) is 16.2. The van der Waals surface area contributed by atoms with Crippen molar-refractivity contribution in [3.63, 3.8) is 0 Å². The van der Waals surface area contributed by atoms with E-state index in [1.807, 2.05) is 26.0 Å². The smallest absolute Gasteiger partial charge is 0.180 e. The summed E-state index contributed by atoms with van der Waals surface area (Å²) in [5, 5.41) is 19.5. The van der Waals surface area contributed by atoms with Gasteiger partial charge >= 0.3 is 0 Å². The summed E-state index contributed by atoms with van der Waals surface area (Å²) in [4.78, 5) is 13.3. The molecule has 1 atom stereocenters. The molecule has 37 heavy (non-hydrogen) atoms. The third-order valence-electron chi connectivity index (χ3n) is 5.06. The van der Waals surface area contributed by atoms with Crippen molar-refractivity contribution < 1.29 is 18.8 Å². The Labute approximate surface area is 225 Å². The van der Waals surface area contributed by atoms with Crippen LogP contribution in [0.1, 0.15) is 32.3 Å². The molecular weight excluding hydrogens is 512 g/mol. The van der Waals surface area contributed by atoms with Gasteiger partial charge in [0.05, 0.1) is 28.6 Å². The minimum absolute atomic E-state index is 0.134. The summed E-state index contributed by atoms with van der Waals surface area (Å²) in [6.45, 7) is 4.00. The lowest BCUT2D eigenvalue weighted by Gasteiger charge is -2.17. The molecule has 1 saturated carbocycles. The number of quaternary nitrogens is 1. The normalized spacial score (nSPS) is 14.1. The summed E-state index contributed by atoms with van der Waals surface area (Å²) < 4.78 is 10.9. The second kappa shape index (κ2) is 11.2. The van der Waals surface area contributed by atoms with Crippen LogP contribution in [0.25, 0.3) is 22.4 Å². The molecule has 4 aromatic rings. The Balaban J connectivity index is 0.00000156. The van der Waals surface area contributed by atoms with Crippen molar-refractivity contribution in [3.8, 4) is 34.6 Å². The van der Waals surface area contributed by atoms with Crippen LogP contribution >= 0.6 is 24.4 Å². The molecule has 9 nitrogen and oxygen atoms in total. The number of thiol groups is 1. The highest BCUT2D eigenvalue weighted by Crippen LogP contribution is 2.38. The number of nitriles is 1. The Morgan fingerprint density at radius 1 is 1.11 bits per heavy atom. The molecule has 2 heterocycles. The van der Waals surface area contributed by atoms with Crippen molar-refractivity contribution in [1.82, 2.24) is 15.0 Å². The van der Waals surface area contributed by atoms with Crippen molar-refractivity contribution in [2.75, 3.05) is 12.5 Å². The summed E-state index contributed by atoms with van der Waals surface area (Å²) in [5.74, 6) is 1.84. The Morgan fingerprint density at radius 2 is 1.84 bits per heavy atom. The number of nitrogens with zero attached hydrogens (tertiary/aromatic N) is 5. The SMILES string of the molecule is CC.C[N+](O)(S)Nc1ccc2nc(-c3ccc(Oc4cc(Cl)c(OC5CC5)c(C#N)c4)cc3)cnc2n1. The van der Waals surface area contributed by atoms with Gasteiger partial charge in [-0.1, -0.05) is 25.4 Å². The third-order valence-corrected chi connectivity index (χ3v) is 5.44. The van der Waals surface area contributed by atoms with E-state index in [0.717, 1.165) is 18.4 Å².